The highest BCUT2D eigenvalue weighted by Gasteiger charge is 2.00. The van der Waals surface area contributed by atoms with Gasteiger partial charge in [0.25, 0.3) is 0 Å². The Labute approximate surface area is 73.9 Å². The molecule has 0 aliphatic rings. The topological polar surface area (TPSA) is 26.3 Å². The molecule has 0 aromatic rings. The number of rotatable bonds is 7. The van der Waals surface area contributed by atoms with E-state index >= 15 is 0 Å². The Kier molecular flexibility index (Phi) is 6.07. The van der Waals surface area contributed by atoms with Crippen LogP contribution >= 0.6 is 0 Å². The van der Waals surface area contributed by atoms with Crippen LogP contribution in [-0.4, -0.2) is 12.4 Å². The Hall–Kier alpha value is -1.05. The molecule has 0 aliphatic carbocycles. The van der Waals surface area contributed by atoms with Crippen LogP contribution in [0.5, 0.6) is 0 Å². The van der Waals surface area contributed by atoms with Crippen LogP contribution < -0.4 is 0 Å². The molecule has 0 radical (unpaired) electrons. The molecule has 0 amide bonds. The van der Waals surface area contributed by atoms with Gasteiger partial charge in [-0.3, -0.25) is 4.79 Å². The predicted molar refractivity (Wildman–Crippen MR) is 49.8 cm³/mol. The maximum absolute atomic E-state index is 11.0. The highest BCUT2D eigenvalue weighted by Crippen LogP contribution is 2.02. The second kappa shape index (κ2) is 6.65. The maximum Gasteiger partial charge on any atom is 0.157 e. The quantitative estimate of drug-likeness (QED) is 0.331. The van der Waals surface area contributed by atoms with Crippen molar-refractivity contribution in [3.05, 3.63) is 25.0 Å². The summed E-state index contributed by atoms with van der Waals surface area (Å²) < 4.78 is 4.91. The van der Waals surface area contributed by atoms with E-state index in [0.717, 1.165) is 12.8 Å². The van der Waals surface area contributed by atoms with Crippen molar-refractivity contribution in [3.8, 4) is 0 Å². The fraction of sp³-hybridized carbons (Fsp3) is 0.500. The molecule has 0 aliphatic heterocycles. The second-order valence-corrected chi connectivity index (χ2v) is 2.70. The molecule has 0 N–H and O–H groups in total. The average Bonchev–Trinajstić information content (AvgIpc) is 2.03. The number of hydrogen-bond donors (Lipinski definition) is 0. The fourth-order valence-electron chi connectivity index (χ4n) is 0.768. The minimum atomic E-state index is 0.147. The van der Waals surface area contributed by atoms with Gasteiger partial charge in [0.2, 0.25) is 0 Å². The SMILES string of the molecule is C=COCCCCC(=O)C(=C)C. The Morgan fingerprint density at radius 3 is 2.67 bits per heavy atom. The first-order valence-electron chi connectivity index (χ1n) is 4.09. The molecule has 0 aromatic heterocycles. The summed E-state index contributed by atoms with van der Waals surface area (Å²) in [6, 6.07) is 0. The number of carbonyl (C=O) groups is 1. The molecule has 0 fully saturated rings. The summed E-state index contributed by atoms with van der Waals surface area (Å²) in [4.78, 5) is 11.0. The zero-order valence-corrected chi connectivity index (χ0v) is 7.64. The fourth-order valence-corrected chi connectivity index (χ4v) is 0.768. The van der Waals surface area contributed by atoms with Crippen molar-refractivity contribution in [2.24, 2.45) is 0 Å². The lowest BCUT2D eigenvalue weighted by Gasteiger charge is -2.00. The molecule has 0 saturated heterocycles. The Morgan fingerprint density at radius 1 is 1.50 bits per heavy atom. The summed E-state index contributed by atoms with van der Waals surface area (Å²) >= 11 is 0. The number of hydrogen-bond acceptors (Lipinski definition) is 2. The minimum absolute atomic E-state index is 0.147. The molecule has 0 heterocycles. The molecule has 0 rings (SSSR count). The summed E-state index contributed by atoms with van der Waals surface area (Å²) in [5, 5.41) is 0. The molecular formula is C10H16O2. The molecule has 2 nitrogen and oxygen atoms in total. The van der Waals surface area contributed by atoms with Gasteiger partial charge >= 0.3 is 0 Å². The summed E-state index contributed by atoms with van der Waals surface area (Å²) in [5.41, 5.74) is 0.639. The highest BCUT2D eigenvalue weighted by atomic mass is 16.5. The van der Waals surface area contributed by atoms with Crippen molar-refractivity contribution in [2.45, 2.75) is 26.2 Å². The molecule has 0 atom stereocenters. The number of ketones is 1. The van der Waals surface area contributed by atoms with Crippen LogP contribution in [-0.2, 0) is 9.53 Å². The first-order chi connectivity index (χ1) is 5.68. The molecule has 0 spiro atoms. The van der Waals surface area contributed by atoms with Gasteiger partial charge in [0.05, 0.1) is 12.9 Å². The molecule has 0 aromatic carbocycles. The van der Waals surface area contributed by atoms with E-state index < -0.39 is 0 Å². The highest BCUT2D eigenvalue weighted by molar-refractivity contribution is 5.93. The van der Waals surface area contributed by atoms with Crippen molar-refractivity contribution in [2.75, 3.05) is 6.61 Å². The normalized spacial score (nSPS) is 9.08. The zero-order valence-electron chi connectivity index (χ0n) is 7.64. The van der Waals surface area contributed by atoms with Crippen molar-refractivity contribution in [3.63, 3.8) is 0 Å². The smallest absolute Gasteiger partial charge is 0.157 e. The van der Waals surface area contributed by atoms with Gasteiger partial charge in [0.1, 0.15) is 0 Å². The molecule has 2 heteroatoms. The van der Waals surface area contributed by atoms with Crippen LogP contribution in [0.3, 0.4) is 0 Å². The van der Waals surface area contributed by atoms with Gasteiger partial charge in [-0.15, -0.1) is 0 Å². The number of ether oxygens (including phenoxy) is 1. The minimum Gasteiger partial charge on any atom is -0.502 e. The van der Waals surface area contributed by atoms with Gasteiger partial charge in [0, 0.05) is 6.42 Å². The third-order valence-corrected chi connectivity index (χ3v) is 1.51. The van der Waals surface area contributed by atoms with Crippen molar-refractivity contribution in [1.82, 2.24) is 0 Å². The molecule has 12 heavy (non-hydrogen) atoms. The van der Waals surface area contributed by atoms with Gasteiger partial charge in [-0.1, -0.05) is 13.2 Å². The molecule has 0 unspecified atom stereocenters. The van der Waals surface area contributed by atoms with E-state index in [1.54, 1.807) is 6.92 Å². The lowest BCUT2D eigenvalue weighted by Crippen LogP contribution is -1.98. The first-order valence-corrected chi connectivity index (χ1v) is 4.09. The van der Waals surface area contributed by atoms with Crippen molar-refractivity contribution < 1.29 is 9.53 Å². The predicted octanol–water partition coefficient (Wildman–Crippen LogP) is 2.46. The zero-order chi connectivity index (χ0) is 9.40. The average molecular weight is 168 g/mol. The summed E-state index contributed by atoms with van der Waals surface area (Å²) in [6.07, 6.45) is 3.75. The van der Waals surface area contributed by atoms with Gasteiger partial charge in [0.15, 0.2) is 5.78 Å². The van der Waals surface area contributed by atoms with Crippen molar-refractivity contribution >= 4 is 5.78 Å². The second-order valence-electron chi connectivity index (χ2n) is 2.70. The van der Waals surface area contributed by atoms with E-state index in [9.17, 15) is 4.79 Å². The lowest BCUT2D eigenvalue weighted by atomic mass is 10.1. The largest absolute Gasteiger partial charge is 0.502 e. The number of carbonyl (C=O) groups excluding carboxylic acids is 1. The standard InChI is InChI=1S/C10H16O2/c1-4-12-8-6-5-7-10(11)9(2)3/h4H,1-2,5-8H2,3H3. The van der Waals surface area contributed by atoms with Crippen LogP contribution in [0.15, 0.2) is 25.0 Å². The van der Waals surface area contributed by atoms with Gasteiger partial charge in [-0.05, 0) is 25.3 Å². The molecule has 0 bridgehead atoms. The number of unbranched alkanes of at least 4 members (excludes halogenated alkanes) is 1. The summed E-state index contributed by atoms with van der Waals surface area (Å²) in [7, 11) is 0. The van der Waals surface area contributed by atoms with Crippen LogP contribution in [0, 0.1) is 0 Å². The molecule has 0 saturated carbocycles. The first kappa shape index (κ1) is 11.0. The van der Waals surface area contributed by atoms with E-state index in [1.807, 2.05) is 0 Å². The summed E-state index contributed by atoms with van der Waals surface area (Å²) in [5.74, 6) is 0.147. The van der Waals surface area contributed by atoms with E-state index in [4.69, 9.17) is 4.74 Å². The van der Waals surface area contributed by atoms with E-state index in [0.29, 0.717) is 18.6 Å². The van der Waals surface area contributed by atoms with Gasteiger partial charge in [-0.2, -0.15) is 0 Å². The van der Waals surface area contributed by atoms with E-state index in [1.165, 1.54) is 6.26 Å². The third kappa shape index (κ3) is 5.71. The summed E-state index contributed by atoms with van der Waals surface area (Å²) in [6.45, 7) is 9.38. The number of allylic oxidation sites excluding steroid dienone is 1. The lowest BCUT2D eigenvalue weighted by molar-refractivity contribution is -0.115. The third-order valence-electron chi connectivity index (χ3n) is 1.51. The van der Waals surface area contributed by atoms with Crippen LogP contribution in [0.25, 0.3) is 0 Å². The number of Topliss-reactive ketones (excluding diaryl/α,β-unsaturated/α-hetero) is 1. The van der Waals surface area contributed by atoms with Gasteiger partial charge in [-0.25, -0.2) is 0 Å². The van der Waals surface area contributed by atoms with Gasteiger partial charge < -0.3 is 4.74 Å². The van der Waals surface area contributed by atoms with Crippen molar-refractivity contribution in [1.29, 1.82) is 0 Å². The Bertz CT molecular complexity index is 171. The van der Waals surface area contributed by atoms with Crippen LogP contribution in [0.4, 0.5) is 0 Å². The van der Waals surface area contributed by atoms with Crippen LogP contribution in [0.2, 0.25) is 0 Å². The van der Waals surface area contributed by atoms with E-state index in [2.05, 4.69) is 13.2 Å². The Balaban J connectivity index is 3.25. The molecular weight excluding hydrogens is 152 g/mol. The monoisotopic (exact) mass is 168 g/mol. The van der Waals surface area contributed by atoms with Crippen LogP contribution in [0.1, 0.15) is 26.2 Å². The van der Waals surface area contributed by atoms with E-state index in [-0.39, 0.29) is 5.78 Å². The molecule has 68 valence electrons. The maximum atomic E-state index is 11.0. The Morgan fingerprint density at radius 2 is 2.17 bits per heavy atom.